The molecular weight excluding hydrogens is 397 g/mol. The topological polar surface area (TPSA) is 69.6 Å². The minimum absolute atomic E-state index is 0.0568. The van der Waals surface area contributed by atoms with Gasteiger partial charge >= 0.3 is 12.1 Å². The van der Waals surface area contributed by atoms with E-state index in [1.165, 1.54) is 18.2 Å². The first kappa shape index (κ1) is 21.4. The number of alkyl halides is 3. The number of benzene rings is 2. The summed E-state index contributed by atoms with van der Waals surface area (Å²) in [6, 6.07) is 10.2. The van der Waals surface area contributed by atoms with Crippen LogP contribution in [0.25, 0.3) is 0 Å². The van der Waals surface area contributed by atoms with Crippen molar-refractivity contribution < 1.29 is 27.9 Å². The largest absolute Gasteiger partial charge is 0.481 e. The Balaban J connectivity index is 1.98. The SMILES string of the molecule is C=CC(=O)NCC1Cc2c(CC(=O)O)cccc2N(c2ccc(C(F)(F)F)cc2)C1. The first-order valence-electron chi connectivity index (χ1n) is 9.36. The molecule has 1 atom stereocenters. The average Bonchev–Trinajstić information content (AvgIpc) is 2.71. The van der Waals surface area contributed by atoms with E-state index in [-0.39, 0.29) is 18.2 Å². The monoisotopic (exact) mass is 418 g/mol. The summed E-state index contributed by atoms with van der Waals surface area (Å²) < 4.78 is 38.8. The highest BCUT2D eigenvalue weighted by molar-refractivity contribution is 5.86. The Hall–Kier alpha value is -3.29. The fraction of sp³-hybridized carbons (Fsp3) is 0.273. The molecule has 1 aliphatic rings. The molecule has 3 rings (SSSR count). The molecule has 1 unspecified atom stereocenters. The number of carbonyl (C=O) groups excluding carboxylic acids is 1. The molecule has 0 bridgehead atoms. The van der Waals surface area contributed by atoms with Gasteiger partial charge in [-0.15, -0.1) is 0 Å². The predicted molar refractivity (Wildman–Crippen MR) is 107 cm³/mol. The van der Waals surface area contributed by atoms with Gasteiger partial charge in [0.25, 0.3) is 0 Å². The van der Waals surface area contributed by atoms with Crippen molar-refractivity contribution in [2.45, 2.75) is 19.0 Å². The molecule has 1 amide bonds. The van der Waals surface area contributed by atoms with Crippen LogP contribution in [0.3, 0.4) is 0 Å². The van der Waals surface area contributed by atoms with Gasteiger partial charge in [0.05, 0.1) is 12.0 Å². The lowest BCUT2D eigenvalue weighted by Gasteiger charge is -2.37. The number of hydrogen-bond donors (Lipinski definition) is 2. The summed E-state index contributed by atoms with van der Waals surface area (Å²) in [5, 5.41) is 12.0. The van der Waals surface area contributed by atoms with E-state index in [0.717, 1.165) is 23.4 Å². The van der Waals surface area contributed by atoms with Crippen molar-refractivity contribution >= 4 is 23.3 Å². The van der Waals surface area contributed by atoms with E-state index in [1.54, 1.807) is 12.1 Å². The van der Waals surface area contributed by atoms with Gasteiger partial charge < -0.3 is 15.3 Å². The Morgan fingerprint density at radius 3 is 2.50 bits per heavy atom. The maximum atomic E-state index is 12.9. The Kier molecular flexibility index (Phi) is 6.14. The van der Waals surface area contributed by atoms with Gasteiger partial charge in [-0.1, -0.05) is 18.7 Å². The van der Waals surface area contributed by atoms with E-state index in [9.17, 15) is 27.9 Å². The van der Waals surface area contributed by atoms with Gasteiger partial charge in [-0.05, 0) is 59.9 Å². The van der Waals surface area contributed by atoms with Crippen LogP contribution in [0, 0.1) is 5.92 Å². The minimum Gasteiger partial charge on any atom is -0.481 e. The van der Waals surface area contributed by atoms with Gasteiger partial charge in [0, 0.05) is 24.5 Å². The molecule has 0 radical (unpaired) electrons. The van der Waals surface area contributed by atoms with Crippen molar-refractivity contribution in [2.75, 3.05) is 18.0 Å². The number of carbonyl (C=O) groups is 2. The molecule has 1 aliphatic heterocycles. The molecule has 8 heteroatoms. The standard InChI is InChI=1S/C22H21F3N2O3/c1-2-20(28)26-12-14-10-18-15(11-21(29)30)4-3-5-19(18)27(13-14)17-8-6-16(7-9-17)22(23,24)25/h2-9,14H,1,10-13H2,(H,26,28)(H,29,30). The van der Waals surface area contributed by atoms with Crippen LogP contribution >= 0.6 is 0 Å². The Morgan fingerprint density at radius 2 is 1.90 bits per heavy atom. The van der Waals surface area contributed by atoms with E-state index in [2.05, 4.69) is 11.9 Å². The number of carboxylic acids is 1. The summed E-state index contributed by atoms with van der Waals surface area (Å²) in [5.74, 6) is -1.34. The van der Waals surface area contributed by atoms with Crippen LogP contribution < -0.4 is 10.2 Å². The van der Waals surface area contributed by atoms with Gasteiger partial charge in [0.1, 0.15) is 0 Å². The zero-order chi connectivity index (χ0) is 21.9. The fourth-order valence-electron chi connectivity index (χ4n) is 3.68. The molecule has 2 aromatic carbocycles. The third-order valence-electron chi connectivity index (χ3n) is 5.07. The Bertz CT molecular complexity index is 955. The third kappa shape index (κ3) is 4.82. The lowest BCUT2D eigenvalue weighted by molar-refractivity contribution is -0.138. The second kappa shape index (κ2) is 8.61. The first-order chi connectivity index (χ1) is 14.2. The molecule has 158 valence electrons. The molecule has 2 N–H and O–H groups in total. The zero-order valence-corrected chi connectivity index (χ0v) is 16.1. The Labute approximate surface area is 171 Å². The minimum atomic E-state index is -4.43. The number of halogens is 3. The fourth-order valence-corrected chi connectivity index (χ4v) is 3.68. The van der Waals surface area contributed by atoms with Crippen LogP contribution in [0.5, 0.6) is 0 Å². The predicted octanol–water partition coefficient (Wildman–Crippen LogP) is 3.95. The van der Waals surface area contributed by atoms with Crippen molar-refractivity contribution in [3.8, 4) is 0 Å². The van der Waals surface area contributed by atoms with Crippen LogP contribution in [0.2, 0.25) is 0 Å². The second-order valence-electron chi connectivity index (χ2n) is 7.16. The number of aliphatic carboxylic acids is 1. The van der Waals surface area contributed by atoms with Gasteiger partial charge in [0.15, 0.2) is 0 Å². The summed E-state index contributed by atoms with van der Waals surface area (Å²) >= 11 is 0. The molecule has 5 nitrogen and oxygen atoms in total. The summed E-state index contributed by atoms with van der Waals surface area (Å²) in [7, 11) is 0. The number of nitrogens with one attached hydrogen (secondary N) is 1. The molecule has 1 heterocycles. The first-order valence-corrected chi connectivity index (χ1v) is 9.36. The van der Waals surface area contributed by atoms with Gasteiger partial charge in [0.2, 0.25) is 5.91 Å². The Morgan fingerprint density at radius 1 is 1.20 bits per heavy atom. The molecule has 0 saturated heterocycles. The highest BCUT2D eigenvalue weighted by Gasteiger charge is 2.31. The van der Waals surface area contributed by atoms with Gasteiger partial charge in [-0.2, -0.15) is 13.2 Å². The summed E-state index contributed by atoms with van der Waals surface area (Å²) in [6.07, 6.45) is -2.87. The van der Waals surface area contributed by atoms with E-state index in [1.807, 2.05) is 11.0 Å². The van der Waals surface area contributed by atoms with Crippen LogP contribution in [0.15, 0.2) is 55.1 Å². The molecule has 0 fully saturated rings. The van der Waals surface area contributed by atoms with E-state index in [0.29, 0.717) is 30.8 Å². The smallest absolute Gasteiger partial charge is 0.416 e. The molecule has 0 spiro atoms. The molecular formula is C22H21F3N2O3. The highest BCUT2D eigenvalue weighted by Crippen LogP contribution is 2.38. The van der Waals surface area contributed by atoms with Crippen LogP contribution in [-0.2, 0) is 28.6 Å². The lowest BCUT2D eigenvalue weighted by atomic mass is 9.87. The second-order valence-corrected chi connectivity index (χ2v) is 7.16. The van der Waals surface area contributed by atoms with Crippen molar-refractivity contribution in [1.29, 1.82) is 0 Å². The number of fused-ring (bicyclic) bond motifs is 1. The molecule has 30 heavy (non-hydrogen) atoms. The van der Waals surface area contributed by atoms with Crippen LogP contribution in [-0.4, -0.2) is 30.1 Å². The number of carboxylic acid groups (broad SMARTS) is 1. The van der Waals surface area contributed by atoms with Crippen molar-refractivity contribution in [1.82, 2.24) is 5.32 Å². The number of hydrogen-bond acceptors (Lipinski definition) is 3. The van der Waals surface area contributed by atoms with Crippen molar-refractivity contribution in [3.63, 3.8) is 0 Å². The maximum Gasteiger partial charge on any atom is 0.416 e. The summed E-state index contributed by atoms with van der Waals surface area (Å²) in [6.45, 7) is 4.22. The number of nitrogens with zero attached hydrogens (tertiary/aromatic N) is 1. The quantitative estimate of drug-likeness (QED) is 0.698. The van der Waals surface area contributed by atoms with Gasteiger partial charge in [-0.25, -0.2) is 0 Å². The van der Waals surface area contributed by atoms with E-state index >= 15 is 0 Å². The average molecular weight is 418 g/mol. The van der Waals surface area contributed by atoms with E-state index < -0.39 is 17.7 Å². The normalized spacial score (nSPS) is 16.0. The van der Waals surface area contributed by atoms with Crippen LogP contribution in [0.1, 0.15) is 16.7 Å². The highest BCUT2D eigenvalue weighted by atomic mass is 19.4. The molecule has 0 saturated carbocycles. The van der Waals surface area contributed by atoms with E-state index in [4.69, 9.17) is 0 Å². The maximum absolute atomic E-state index is 12.9. The zero-order valence-electron chi connectivity index (χ0n) is 16.1. The molecule has 2 aromatic rings. The van der Waals surface area contributed by atoms with Crippen molar-refractivity contribution in [3.05, 3.63) is 71.8 Å². The third-order valence-corrected chi connectivity index (χ3v) is 5.07. The summed E-state index contributed by atoms with van der Waals surface area (Å²) in [5.41, 5.74) is 2.06. The number of anilines is 2. The molecule has 0 aromatic heterocycles. The number of rotatable bonds is 6. The van der Waals surface area contributed by atoms with Crippen LogP contribution in [0.4, 0.5) is 24.5 Å². The van der Waals surface area contributed by atoms with Gasteiger partial charge in [-0.3, -0.25) is 9.59 Å². The molecule has 0 aliphatic carbocycles. The van der Waals surface area contributed by atoms with Crippen molar-refractivity contribution in [2.24, 2.45) is 5.92 Å². The summed E-state index contributed by atoms with van der Waals surface area (Å²) in [4.78, 5) is 24.7. The number of amides is 1. The lowest BCUT2D eigenvalue weighted by Crippen LogP contribution is -2.39.